The molecule has 0 aliphatic rings. The largest absolute Gasteiger partial charge is 0.412 e. The van der Waals surface area contributed by atoms with E-state index in [0.717, 1.165) is 19.3 Å². The predicted molar refractivity (Wildman–Crippen MR) is 61.4 cm³/mol. The maximum atomic E-state index is 8.28. The number of hydrogen-bond acceptors (Lipinski definition) is 2. The lowest BCUT2D eigenvalue weighted by molar-refractivity contribution is 0.754. The zero-order chi connectivity index (χ0) is 7.94. The quantitative estimate of drug-likeness (QED) is 0.771. The second-order valence-corrected chi connectivity index (χ2v) is 3.28. The molecule has 74 valence electrons. The highest BCUT2D eigenvalue weighted by atomic mass is 79.9. The van der Waals surface area contributed by atoms with Gasteiger partial charge in [0.05, 0.1) is 6.07 Å². The number of rotatable bonds is 4. The van der Waals surface area contributed by atoms with Gasteiger partial charge in [-0.2, -0.15) is 16.6 Å². The first-order chi connectivity index (χ1) is 5.43. The van der Waals surface area contributed by atoms with E-state index in [0.29, 0.717) is 6.42 Å². The second kappa shape index (κ2) is 9.72. The summed E-state index contributed by atoms with van der Waals surface area (Å²) in [7, 11) is 0. The van der Waals surface area contributed by atoms with Crippen LogP contribution in [0.4, 0.5) is 0 Å². The van der Waals surface area contributed by atoms with Crippen molar-refractivity contribution in [2.75, 3.05) is 0 Å². The molecule has 0 aliphatic heterocycles. The fraction of sp³-hybridized carbons (Fsp3) is 0.444. The van der Waals surface area contributed by atoms with E-state index in [4.69, 9.17) is 5.26 Å². The molecular weight excluding hydrogens is 250 g/mol. The Bertz CT molecular complexity index is 230. The maximum Gasteiger partial charge on any atom is 0.0621 e. The fourth-order valence-corrected chi connectivity index (χ4v) is 1.67. The molecule has 0 saturated carbocycles. The monoisotopic (exact) mass is 263 g/mol. The SMILES string of the molecule is Br.N#CCCCCc1ccsc1.O. The van der Waals surface area contributed by atoms with E-state index in [2.05, 4.69) is 22.9 Å². The summed E-state index contributed by atoms with van der Waals surface area (Å²) in [5, 5.41) is 12.5. The van der Waals surface area contributed by atoms with Crippen LogP contribution in [0.15, 0.2) is 16.8 Å². The molecule has 0 atom stereocenters. The van der Waals surface area contributed by atoms with Crippen molar-refractivity contribution in [3.8, 4) is 6.07 Å². The Morgan fingerprint density at radius 1 is 1.38 bits per heavy atom. The van der Waals surface area contributed by atoms with E-state index in [1.54, 1.807) is 11.3 Å². The van der Waals surface area contributed by atoms with Gasteiger partial charge in [0.15, 0.2) is 0 Å². The van der Waals surface area contributed by atoms with Gasteiger partial charge in [0.2, 0.25) is 0 Å². The van der Waals surface area contributed by atoms with Crippen LogP contribution >= 0.6 is 28.3 Å². The van der Waals surface area contributed by atoms with Crippen LogP contribution < -0.4 is 0 Å². The normalized spacial score (nSPS) is 7.92. The second-order valence-electron chi connectivity index (χ2n) is 2.50. The molecule has 0 amide bonds. The minimum atomic E-state index is 0. The third-order valence-electron chi connectivity index (χ3n) is 1.58. The highest BCUT2D eigenvalue weighted by molar-refractivity contribution is 8.93. The Morgan fingerprint density at radius 2 is 2.15 bits per heavy atom. The molecule has 1 aromatic rings. The molecule has 0 aliphatic carbocycles. The van der Waals surface area contributed by atoms with Crippen LogP contribution in [0, 0.1) is 11.3 Å². The first-order valence-electron chi connectivity index (χ1n) is 3.81. The summed E-state index contributed by atoms with van der Waals surface area (Å²) in [6.07, 6.45) is 4.01. The molecule has 2 nitrogen and oxygen atoms in total. The average Bonchev–Trinajstić information content (AvgIpc) is 2.50. The number of nitriles is 1. The minimum Gasteiger partial charge on any atom is -0.412 e. The van der Waals surface area contributed by atoms with E-state index < -0.39 is 0 Å². The van der Waals surface area contributed by atoms with Gasteiger partial charge in [-0.25, -0.2) is 0 Å². The van der Waals surface area contributed by atoms with Crippen molar-refractivity contribution < 1.29 is 5.48 Å². The summed E-state index contributed by atoms with van der Waals surface area (Å²) < 4.78 is 0. The number of nitrogens with zero attached hydrogens (tertiary/aromatic N) is 1. The standard InChI is InChI=1S/C9H11NS.BrH.H2O/c10-6-3-1-2-4-9-5-7-11-8-9;;/h5,7-8H,1-4H2;1H;1H2. The molecule has 0 radical (unpaired) electrons. The van der Waals surface area contributed by atoms with E-state index in [9.17, 15) is 0 Å². The van der Waals surface area contributed by atoms with E-state index in [1.165, 1.54) is 5.56 Å². The summed E-state index contributed by atoms with van der Waals surface area (Å²) in [5.74, 6) is 0. The molecule has 4 heteroatoms. The molecular formula is C9H14BrNOS. The summed E-state index contributed by atoms with van der Waals surface area (Å²) in [6.45, 7) is 0. The number of unbranched alkanes of at least 4 members (excludes halogenated alkanes) is 2. The Labute approximate surface area is 93.3 Å². The van der Waals surface area contributed by atoms with Crippen molar-refractivity contribution in [3.05, 3.63) is 22.4 Å². The van der Waals surface area contributed by atoms with Crippen molar-refractivity contribution in [3.63, 3.8) is 0 Å². The van der Waals surface area contributed by atoms with E-state index >= 15 is 0 Å². The fourth-order valence-electron chi connectivity index (χ4n) is 0.968. The van der Waals surface area contributed by atoms with Crippen molar-refractivity contribution in [1.82, 2.24) is 0 Å². The number of halogens is 1. The Hall–Kier alpha value is -0.370. The van der Waals surface area contributed by atoms with Gasteiger partial charge in [0, 0.05) is 6.42 Å². The third-order valence-corrected chi connectivity index (χ3v) is 2.32. The molecule has 0 fully saturated rings. The van der Waals surface area contributed by atoms with Crippen LogP contribution in [0.3, 0.4) is 0 Å². The lowest BCUT2D eigenvalue weighted by Crippen LogP contribution is -1.80. The molecule has 13 heavy (non-hydrogen) atoms. The van der Waals surface area contributed by atoms with Crippen molar-refractivity contribution in [1.29, 1.82) is 5.26 Å². The number of hydrogen-bond donors (Lipinski definition) is 0. The smallest absolute Gasteiger partial charge is 0.0621 e. The predicted octanol–water partition coefficient (Wildman–Crippen LogP) is 2.74. The highest BCUT2D eigenvalue weighted by Gasteiger charge is 1.92. The molecule has 1 heterocycles. The van der Waals surface area contributed by atoms with Crippen LogP contribution in [-0.4, -0.2) is 5.48 Å². The van der Waals surface area contributed by atoms with Crippen LogP contribution in [0.1, 0.15) is 24.8 Å². The maximum absolute atomic E-state index is 8.28. The summed E-state index contributed by atoms with van der Waals surface area (Å²) >= 11 is 1.74. The molecule has 1 aromatic heterocycles. The lowest BCUT2D eigenvalue weighted by Gasteiger charge is -1.93. The van der Waals surface area contributed by atoms with Crippen molar-refractivity contribution in [2.45, 2.75) is 25.7 Å². The Balaban J connectivity index is 0. The topological polar surface area (TPSA) is 55.3 Å². The summed E-state index contributed by atoms with van der Waals surface area (Å²) in [4.78, 5) is 0. The lowest BCUT2D eigenvalue weighted by atomic mass is 10.1. The molecule has 0 unspecified atom stereocenters. The Morgan fingerprint density at radius 3 is 2.69 bits per heavy atom. The van der Waals surface area contributed by atoms with Gasteiger partial charge >= 0.3 is 0 Å². The molecule has 0 spiro atoms. The van der Waals surface area contributed by atoms with Crippen LogP contribution in [0.5, 0.6) is 0 Å². The van der Waals surface area contributed by atoms with Gasteiger partial charge in [-0.1, -0.05) is 0 Å². The van der Waals surface area contributed by atoms with Gasteiger partial charge < -0.3 is 5.48 Å². The van der Waals surface area contributed by atoms with Gasteiger partial charge in [-0.15, -0.1) is 17.0 Å². The third kappa shape index (κ3) is 6.76. The summed E-state index contributed by atoms with van der Waals surface area (Å²) in [5.41, 5.74) is 1.41. The first-order valence-corrected chi connectivity index (χ1v) is 4.76. The molecule has 1 rings (SSSR count). The highest BCUT2D eigenvalue weighted by Crippen LogP contribution is 2.09. The van der Waals surface area contributed by atoms with Crippen molar-refractivity contribution >= 4 is 28.3 Å². The minimum absolute atomic E-state index is 0. The molecule has 2 N–H and O–H groups in total. The van der Waals surface area contributed by atoms with Crippen molar-refractivity contribution in [2.24, 2.45) is 0 Å². The van der Waals surface area contributed by atoms with Gasteiger partial charge in [-0.05, 0) is 41.7 Å². The van der Waals surface area contributed by atoms with Gasteiger partial charge in [-0.3, -0.25) is 0 Å². The van der Waals surface area contributed by atoms with Gasteiger partial charge in [0.1, 0.15) is 0 Å². The van der Waals surface area contributed by atoms with E-state index in [-0.39, 0.29) is 22.5 Å². The van der Waals surface area contributed by atoms with Gasteiger partial charge in [0.25, 0.3) is 0 Å². The molecule has 0 bridgehead atoms. The van der Waals surface area contributed by atoms with Crippen LogP contribution in [-0.2, 0) is 6.42 Å². The van der Waals surface area contributed by atoms with Crippen LogP contribution in [0.2, 0.25) is 0 Å². The molecule has 0 saturated heterocycles. The zero-order valence-electron chi connectivity index (χ0n) is 7.32. The molecule has 0 aromatic carbocycles. The zero-order valence-corrected chi connectivity index (χ0v) is 9.85. The Kier molecular flexibility index (Phi) is 11.3. The number of aryl methyl sites for hydroxylation is 1. The summed E-state index contributed by atoms with van der Waals surface area (Å²) in [6, 6.07) is 4.30. The van der Waals surface area contributed by atoms with E-state index in [1.807, 2.05) is 0 Å². The average molecular weight is 264 g/mol. The van der Waals surface area contributed by atoms with Crippen LogP contribution in [0.25, 0.3) is 0 Å². The first kappa shape index (κ1) is 15.1. The number of thiophene rings is 1.